The zero-order chi connectivity index (χ0) is 12.4. The van der Waals surface area contributed by atoms with E-state index < -0.39 is 26.7 Å². The van der Waals surface area contributed by atoms with Crippen molar-refractivity contribution in [2.45, 2.75) is 11.1 Å². The predicted octanol–water partition coefficient (Wildman–Crippen LogP) is 1.05. The Balaban J connectivity index is 3.09. The summed E-state index contributed by atoms with van der Waals surface area (Å²) in [5.74, 6) is 0. The maximum Gasteiger partial charge on any atom is 0.416 e. The molecule has 1 rings (SSSR count). The molecule has 0 aliphatic heterocycles. The van der Waals surface area contributed by atoms with Crippen LogP contribution >= 0.6 is 0 Å². The SMILES string of the molecule is O=[C]NS(=O)(=O)c1ccc(C(F)(F)F)cc1. The number of sulfonamides is 1. The van der Waals surface area contributed by atoms with Crippen LogP contribution in [0.2, 0.25) is 0 Å². The van der Waals surface area contributed by atoms with E-state index in [4.69, 9.17) is 0 Å². The summed E-state index contributed by atoms with van der Waals surface area (Å²) in [6.07, 6.45) is -3.59. The van der Waals surface area contributed by atoms with Gasteiger partial charge in [-0.2, -0.15) is 13.2 Å². The fourth-order valence-corrected chi connectivity index (χ4v) is 1.66. The summed E-state index contributed by atoms with van der Waals surface area (Å²) in [5.41, 5.74) is -0.971. The van der Waals surface area contributed by atoms with Crippen molar-refractivity contribution in [3.63, 3.8) is 0 Å². The first-order valence-electron chi connectivity index (χ1n) is 3.83. The van der Waals surface area contributed by atoms with E-state index >= 15 is 0 Å². The highest BCUT2D eigenvalue weighted by atomic mass is 32.2. The zero-order valence-electron chi connectivity index (χ0n) is 7.58. The molecule has 0 bridgehead atoms. The number of halogens is 3. The Hall–Kier alpha value is -1.57. The smallest absolute Gasteiger partial charge is 0.262 e. The second-order valence-corrected chi connectivity index (χ2v) is 4.41. The van der Waals surface area contributed by atoms with Crippen molar-refractivity contribution in [1.29, 1.82) is 0 Å². The van der Waals surface area contributed by atoms with Crippen LogP contribution in [0.4, 0.5) is 13.2 Å². The van der Waals surface area contributed by atoms with Gasteiger partial charge in [0, 0.05) is 0 Å². The molecule has 1 aromatic rings. The van der Waals surface area contributed by atoms with Gasteiger partial charge in [0.1, 0.15) is 0 Å². The van der Waals surface area contributed by atoms with Crippen LogP contribution in [-0.2, 0) is 21.0 Å². The van der Waals surface area contributed by atoms with E-state index in [1.54, 1.807) is 0 Å². The van der Waals surface area contributed by atoms with Gasteiger partial charge in [0.15, 0.2) is 0 Å². The van der Waals surface area contributed by atoms with E-state index in [0.29, 0.717) is 12.1 Å². The van der Waals surface area contributed by atoms with Crippen molar-refractivity contribution >= 4 is 16.4 Å². The molecule has 1 N–H and O–H groups in total. The summed E-state index contributed by atoms with van der Waals surface area (Å²) in [7, 11) is -4.11. The minimum absolute atomic E-state index is 0.441. The average molecular weight is 252 g/mol. The summed E-state index contributed by atoms with van der Waals surface area (Å²) in [6, 6.07) is 2.73. The first-order chi connectivity index (χ1) is 7.27. The minimum Gasteiger partial charge on any atom is -0.262 e. The van der Waals surface area contributed by atoms with Gasteiger partial charge in [-0.15, -0.1) is 0 Å². The molecule has 0 atom stereocenters. The third kappa shape index (κ3) is 2.72. The van der Waals surface area contributed by atoms with Crippen molar-refractivity contribution < 1.29 is 26.4 Å². The second-order valence-electron chi connectivity index (χ2n) is 2.73. The molecule has 8 heteroatoms. The van der Waals surface area contributed by atoms with Crippen molar-refractivity contribution in [3.8, 4) is 0 Å². The largest absolute Gasteiger partial charge is 0.416 e. The van der Waals surface area contributed by atoms with Crippen molar-refractivity contribution in [2.24, 2.45) is 0 Å². The zero-order valence-corrected chi connectivity index (χ0v) is 8.39. The highest BCUT2D eigenvalue weighted by Gasteiger charge is 2.30. The summed E-state index contributed by atoms with van der Waals surface area (Å²) in [6.45, 7) is 0. The number of hydrogen-bond donors (Lipinski definition) is 1. The Morgan fingerprint density at radius 3 is 2.00 bits per heavy atom. The number of nitrogens with one attached hydrogen (secondary N) is 1. The molecule has 1 amide bonds. The molecule has 0 unspecified atom stereocenters. The van der Waals surface area contributed by atoms with Crippen LogP contribution < -0.4 is 4.72 Å². The molecule has 0 aliphatic carbocycles. The molecule has 0 aliphatic rings. The number of alkyl halides is 3. The lowest BCUT2D eigenvalue weighted by Crippen LogP contribution is -2.21. The molecule has 4 nitrogen and oxygen atoms in total. The molecule has 0 saturated heterocycles. The molecule has 0 saturated carbocycles. The maximum absolute atomic E-state index is 12.1. The van der Waals surface area contributed by atoms with E-state index in [-0.39, 0.29) is 0 Å². The molecule has 0 spiro atoms. The van der Waals surface area contributed by atoms with Crippen LogP contribution in [0, 0.1) is 0 Å². The lowest BCUT2D eigenvalue weighted by Gasteiger charge is -2.07. The number of benzene rings is 1. The quantitative estimate of drug-likeness (QED) is 0.818. The van der Waals surface area contributed by atoms with Crippen LogP contribution in [-0.4, -0.2) is 14.8 Å². The standard InChI is InChI=1S/C8H5F3NO3S/c9-8(10,11)6-1-3-7(4-2-6)16(14,15)12-5-13/h1-4H,(H,12,13). The third-order valence-corrected chi connectivity index (χ3v) is 2.91. The molecular formula is C8H5F3NO3S. The fourth-order valence-electron chi connectivity index (χ4n) is 0.937. The van der Waals surface area contributed by atoms with Gasteiger partial charge >= 0.3 is 12.6 Å². The van der Waals surface area contributed by atoms with E-state index in [0.717, 1.165) is 18.5 Å². The summed E-state index contributed by atoms with van der Waals surface area (Å²) < 4.78 is 60.1. The molecule has 0 fully saturated rings. The molecular weight excluding hydrogens is 247 g/mol. The molecule has 1 aromatic carbocycles. The van der Waals surface area contributed by atoms with Crippen LogP contribution in [0.15, 0.2) is 29.2 Å². The number of rotatable bonds is 3. The van der Waals surface area contributed by atoms with Gasteiger partial charge in [0.25, 0.3) is 10.0 Å². The Labute approximate surface area is 89.1 Å². The van der Waals surface area contributed by atoms with E-state index in [2.05, 4.69) is 0 Å². The summed E-state index contributed by atoms with van der Waals surface area (Å²) >= 11 is 0. The second kappa shape index (κ2) is 4.12. The summed E-state index contributed by atoms with van der Waals surface area (Å²) in [5, 5.41) is 0. The Bertz CT molecular complexity index is 478. The normalized spacial score (nSPS) is 12.2. The van der Waals surface area contributed by atoms with Crippen LogP contribution in [0.3, 0.4) is 0 Å². The average Bonchev–Trinajstić information content (AvgIpc) is 2.16. The number of carbonyl (C=O) groups excluding carboxylic acids is 1. The third-order valence-electron chi connectivity index (χ3n) is 1.67. The monoisotopic (exact) mass is 252 g/mol. The lowest BCUT2D eigenvalue weighted by atomic mass is 10.2. The first-order valence-corrected chi connectivity index (χ1v) is 5.32. The Morgan fingerprint density at radius 2 is 1.62 bits per heavy atom. The number of hydrogen-bond acceptors (Lipinski definition) is 3. The van der Waals surface area contributed by atoms with Crippen LogP contribution in [0.25, 0.3) is 0 Å². The minimum atomic E-state index is -4.54. The van der Waals surface area contributed by atoms with Crippen LogP contribution in [0.5, 0.6) is 0 Å². The number of amides is 1. The highest BCUT2D eigenvalue weighted by molar-refractivity contribution is 7.90. The summed E-state index contributed by atoms with van der Waals surface area (Å²) in [4.78, 5) is 9.38. The van der Waals surface area contributed by atoms with Gasteiger partial charge in [-0.25, -0.2) is 13.1 Å². The topological polar surface area (TPSA) is 63.2 Å². The van der Waals surface area contributed by atoms with Crippen molar-refractivity contribution in [3.05, 3.63) is 29.8 Å². The van der Waals surface area contributed by atoms with Gasteiger partial charge in [0.05, 0.1) is 10.5 Å². The molecule has 1 radical (unpaired) electrons. The van der Waals surface area contributed by atoms with Gasteiger partial charge < -0.3 is 0 Å². The van der Waals surface area contributed by atoms with Gasteiger partial charge in [-0.05, 0) is 24.3 Å². The van der Waals surface area contributed by atoms with Gasteiger partial charge in [0.2, 0.25) is 0 Å². The van der Waals surface area contributed by atoms with Gasteiger partial charge in [-0.1, -0.05) is 0 Å². The van der Waals surface area contributed by atoms with E-state index in [1.807, 2.05) is 0 Å². The van der Waals surface area contributed by atoms with Crippen molar-refractivity contribution in [1.82, 2.24) is 4.72 Å². The molecule has 0 aromatic heterocycles. The maximum atomic E-state index is 12.1. The van der Waals surface area contributed by atoms with Crippen LogP contribution in [0.1, 0.15) is 5.56 Å². The molecule has 0 heterocycles. The molecule has 16 heavy (non-hydrogen) atoms. The predicted molar refractivity (Wildman–Crippen MR) is 47.5 cm³/mol. The highest BCUT2D eigenvalue weighted by Crippen LogP contribution is 2.29. The van der Waals surface area contributed by atoms with Gasteiger partial charge in [-0.3, -0.25) is 4.79 Å². The van der Waals surface area contributed by atoms with E-state index in [1.165, 1.54) is 4.72 Å². The van der Waals surface area contributed by atoms with E-state index in [9.17, 15) is 26.4 Å². The Morgan fingerprint density at radius 1 is 1.12 bits per heavy atom. The Kier molecular flexibility index (Phi) is 3.22. The first kappa shape index (κ1) is 12.5. The molecule has 87 valence electrons. The lowest BCUT2D eigenvalue weighted by molar-refractivity contribution is -0.137. The fraction of sp³-hybridized carbons (Fsp3) is 0.125. The van der Waals surface area contributed by atoms with Crippen molar-refractivity contribution in [2.75, 3.05) is 0 Å².